The molecule has 11 aromatic carbocycles. The molecule has 3 aliphatic rings. The van der Waals surface area contributed by atoms with Gasteiger partial charge in [0.2, 0.25) is 0 Å². The van der Waals surface area contributed by atoms with Crippen LogP contribution in [-0.4, -0.2) is 0 Å². The number of hydrogen-bond donors (Lipinski definition) is 0. The molecule has 0 bridgehead atoms. The van der Waals surface area contributed by atoms with Crippen LogP contribution in [0, 0.1) is 0 Å². The zero-order valence-electron chi connectivity index (χ0n) is 40.3. The fraction of sp³-hybridized carbons (Fsp3) is 0.101. The highest BCUT2D eigenvalue weighted by Gasteiger charge is 2.47. The van der Waals surface area contributed by atoms with Crippen LogP contribution >= 0.6 is 0 Å². The summed E-state index contributed by atoms with van der Waals surface area (Å²) in [4.78, 5) is 0. The van der Waals surface area contributed by atoms with E-state index in [1.165, 1.54) is 111 Å². The van der Waals surface area contributed by atoms with Crippen molar-refractivity contribution in [3.05, 3.63) is 275 Å². The van der Waals surface area contributed by atoms with Gasteiger partial charge in [0.05, 0.1) is 5.41 Å². The molecule has 0 saturated heterocycles. The van der Waals surface area contributed by atoms with Gasteiger partial charge in [-0.05, 0) is 119 Å². The summed E-state index contributed by atoms with van der Waals surface area (Å²) in [6.07, 6.45) is 0. The molecule has 0 unspecified atom stereocenters. The van der Waals surface area contributed by atoms with Crippen molar-refractivity contribution in [2.45, 2.75) is 43.9 Å². The molecule has 0 spiro atoms. The second-order valence-corrected chi connectivity index (χ2v) is 20.6. The second-order valence-electron chi connectivity index (χ2n) is 20.6. The SMILES string of the molecule is CC1(C)c2ccccc2Oc2cccc(-c3cccc4c(-c5cccc6c5-c5ccccc5C6(c5ccccc5)c5ccccc5)c5cccc(-c6cccc7c6C(C)(C)c6ccccc6O7)c5cc34)c21. The largest absolute Gasteiger partial charge is 0.457 e. The summed E-state index contributed by atoms with van der Waals surface area (Å²) in [7, 11) is 0. The molecule has 11 aromatic rings. The fourth-order valence-electron chi connectivity index (χ4n) is 13.2. The smallest absolute Gasteiger partial charge is 0.132 e. The third-order valence-electron chi connectivity index (χ3n) is 16.2. The summed E-state index contributed by atoms with van der Waals surface area (Å²) in [6, 6.07) is 85.0. The van der Waals surface area contributed by atoms with Crippen molar-refractivity contribution in [2.75, 3.05) is 0 Å². The van der Waals surface area contributed by atoms with Crippen LogP contribution in [0.1, 0.15) is 72.2 Å². The number of benzene rings is 11. The van der Waals surface area contributed by atoms with Crippen molar-refractivity contribution >= 4 is 21.5 Å². The van der Waals surface area contributed by atoms with Crippen molar-refractivity contribution < 1.29 is 9.47 Å². The van der Waals surface area contributed by atoms with Crippen LogP contribution in [0.5, 0.6) is 23.0 Å². The molecule has 0 amide bonds. The summed E-state index contributed by atoms with van der Waals surface area (Å²) in [5.41, 5.74) is 18.3. The summed E-state index contributed by atoms with van der Waals surface area (Å²) < 4.78 is 13.6. The Hall–Kier alpha value is -8.46. The van der Waals surface area contributed by atoms with Crippen LogP contribution in [0.4, 0.5) is 0 Å². The molecule has 2 heteroatoms. The third kappa shape index (κ3) is 5.76. The maximum atomic E-state index is 6.79. The van der Waals surface area contributed by atoms with Crippen LogP contribution in [0.25, 0.3) is 66.1 Å². The molecule has 0 N–H and O–H groups in total. The molecule has 0 fully saturated rings. The Morgan fingerprint density at radius 3 is 1.18 bits per heavy atom. The van der Waals surface area contributed by atoms with Crippen molar-refractivity contribution in [3.63, 3.8) is 0 Å². The molecule has 0 atom stereocenters. The lowest BCUT2D eigenvalue weighted by Crippen LogP contribution is -2.28. The topological polar surface area (TPSA) is 18.5 Å². The van der Waals surface area contributed by atoms with Crippen molar-refractivity contribution in [3.8, 4) is 67.5 Å². The maximum absolute atomic E-state index is 6.79. The van der Waals surface area contributed by atoms with Crippen molar-refractivity contribution in [1.82, 2.24) is 0 Å². The van der Waals surface area contributed by atoms with Gasteiger partial charge in [0, 0.05) is 33.1 Å². The highest BCUT2D eigenvalue weighted by molar-refractivity contribution is 6.21. The van der Waals surface area contributed by atoms with Crippen LogP contribution < -0.4 is 9.47 Å². The van der Waals surface area contributed by atoms with Crippen LogP contribution in [0.2, 0.25) is 0 Å². The monoisotopic (exact) mass is 910 g/mol. The zero-order valence-corrected chi connectivity index (χ0v) is 40.3. The molecule has 0 radical (unpaired) electrons. The Morgan fingerprint density at radius 1 is 0.268 bits per heavy atom. The standard InChI is InChI=1S/C69H50O2/c1-67(2)56-35-13-15-38-59(56)70-61-40-20-31-49(65(61)67)45-27-17-29-47-53(45)42-54-46(50-32-21-41-62-66(50)68(3,4)57-36-14-16-39-60(57)71-62)28-18-30-48(54)63(47)52-33-19-37-58-64(52)51-26-11-12-34-55(51)69(58,43-22-7-5-8-23-43)44-24-9-6-10-25-44/h5-42H,1-4H3. The second kappa shape index (κ2) is 15.3. The summed E-state index contributed by atoms with van der Waals surface area (Å²) in [5, 5.41) is 4.79. The fourth-order valence-corrected chi connectivity index (χ4v) is 13.2. The van der Waals surface area contributed by atoms with E-state index in [1.54, 1.807) is 0 Å². The van der Waals surface area contributed by atoms with E-state index >= 15 is 0 Å². The number of para-hydroxylation sites is 2. The Balaban J connectivity index is 1.12. The molecule has 2 nitrogen and oxygen atoms in total. The van der Waals surface area contributed by atoms with E-state index in [0.717, 1.165) is 23.0 Å². The van der Waals surface area contributed by atoms with E-state index in [9.17, 15) is 0 Å². The molecular weight excluding hydrogens is 861 g/mol. The van der Waals surface area contributed by atoms with Crippen LogP contribution in [0.3, 0.4) is 0 Å². The van der Waals surface area contributed by atoms with Gasteiger partial charge in [-0.2, -0.15) is 0 Å². The zero-order chi connectivity index (χ0) is 47.6. The maximum Gasteiger partial charge on any atom is 0.132 e. The number of fused-ring (bicyclic) bond motifs is 9. The molecule has 14 rings (SSSR count). The highest BCUT2D eigenvalue weighted by Crippen LogP contribution is 2.60. The van der Waals surface area contributed by atoms with Gasteiger partial charge in [-0.15, -0.1) is 0 Å². The Kier molecular flexibility index (Phi) is 8.93. The van der Waals surface area contributed by atoms with Crippen LogP contribution in [-0.2, 0) is 16.2 Å². The first-order valence-electron chi connectivity index (χ1n) is 24.9. The molecule has 71 heavy (non-hydrogen) atoms. The van der Waals surface area contributed by atoms with Gasteiger partial charge < -0.3 is 9.47 Å². The Bertz CT molecular complexity index is 3780. The first kappa shape index (κ1) is 41.5. The first-order chi connectivity index (χ1) is 34.8. The van der Waals surface area contributed by atoms with Gasteiger partial charge in [0.15, 0.2) is 0 Å². The average molecular weight is 911 g/mol. The Labute approximate surface area is 415 Å². The molecule has 0 aromatic heterocycles. The summed E-state index contributed by atoms with van der Waals surface area (Å²) in [6.45, 7) is 9.38. The van der Waals surface area contributed by atoms with E-state index in [-0.39, 0.29) is 10.8 Å². The van der Waals surface area contributed by atoms with Crippen molar-refractivity contribution in [2.24, 2.45) is 0 Å². The van der Waals surface area contributed by atoms with Crippen LogP contribution in [0.15, 0.2) is 231 Å². The lowest BCUT2D eigenvalue weighted by Gasteiger charge is -2.36. The van der Waals surface area contributed by atoms with Gasteiger partial charge in [-0.3, -0.25) is 0 Å². The predicted octanol–water partition coefficient (Wildman–Crippen LogP) is 18.2. The third-order valence-corrected chi connectivity index (χ3v) is 16.2. The van der Waals surface area contributed by atoms with Gasteiger partial charge in [0.25, 0.3) is 0 Å². The molecule has 2 aliphatic heterocycles. The van der Waals surface area contributed by atoms with E-state index in [2.05, 4.69) is 258 Å². The Morgan fingerprint density at radius 2 is 0.648 bits per heavy atom. The van der Waals surface area contributed by atoms with E-state index < -0.39 is 5.41 Å². The van der Waals surface area contributed by atoms with Gasteiger partial charge in [0.1, 0.15) is 23.0 Å². The molecule has 338 valence electrons. The summed E-state index contributed by atoms with van der Waals surface area (Å²) >= 11 is 0. The first-order valence-corrected chi connectivity index (χ1v) is 24.9. The van der Waals surface area contributed by atoms with Crippen molar-refractivity contribution in [1.29, 1.82) is 0 Å². The highest BCUT2D eigenvalue weighted by atomic mass is 16.5. The molecule has 2 heterocycles. The van der Waals surface area contributed by atoms with E-state index in [0.29, 0.717) is 0 Å². The molecular formula is C69H50O2. The lowest BCUT2D eigenvalue weighted by atomic mass is 9.67. The molecule has 0 saturated carbocycles. The number of ether oxygens (including phenoxy) is 2. The quantitative estimate of drug-likeness (QED) is 0.160. The van der Waals surface area contributed by atoms with Gasteiger partial charge >= 0.3 is 0 Å². The normalized spacial score (nSPS) is 15.0. The van der Waals surface area contributed by atoms with E-state index in [1.807, 2.05) is 0 Å². The van der Waals surface area contributed by atoms with E-state index in [4.69, 9.17) is 9.47 Å². The number of rotatable bonds is 5. The van der Waals surface area contributed by atoms with Gasteiger partial charge in [-0.25, -0.2) is 0 Å². The summed E-state index contributed by atoms with van der Waals surface area (Å²) in [5.74, 6) is 3.64. The minimum Gasteiger partial charge on any atom is -0.457 e. The van der Waals surface area contributed by atoms with Gasteiger partial charge in [-0.1, -0.05) is 228 Å². The lowest BCUT2D eigenvalue weighted by molar-refractivity contribution is 0.418. The molecule has 1 aliphatic carbocycles. The number of hydrogen-bond acceptors (Lipinski definition) is 2. The minimum absolute atomic E-state index is 0.332. The predicted molar refractivity (Wildman–Crippen MR) is 292 cm³/mol. The average Bonchev–Trinajstić information content (AvgIpc) is 3.73. The minimum atomic E-state index is -0.545.